The fourth-order valence-corrected chi connectivity index (χ4v) is 3.84. The number of pyridine rings is 1. The van der Waals surface area contributed by atoms with E-state index in [0.29, 0.717) is 13.2 Å². The molecular formula is C22H26N4O3. The number of hydrogen-bond donors (Lipinski definition) is 0. The van der Waals surface area contributed by atoms with Crippen molar-refractivity contribution in [2.75, 3.05) is 20.2 Å². The maximum atomic E-state index is 13.0. The maximum absolute atomic E-state index is 13.0. The molecule has 0 N–H and O–H groups in total. The Kier molecular flexibility index (Phi) is 5.76. The highest BCUT2D eigenvalue weighted by Crippen LogP contribution is 2.26. The molecule has 1 amide bonds. The summed E-state index contributed by atoms with van der Waals surface area (Å²) in [5.74, 6) is 1.90. The molecule has 2 aromatic heterocycles. The van der Waals surface area contributed by atoms with Crippen molar-refractivity contribution in [1.29, 1.82) is 0 Å². The van der Waals surface area contributed by atoms with E-state index in [0.717, 1.165) is 42.2 Å². The van der Waals surface area contributed by atoms with E-state index in [9.17, 15) is 4.79 Å². The molecule has 4 rings (SSSR count). The highest BCUT2D eigenvalue weighted by molar-refractivity contribution is 5.80. The molecule has 152 valence electrons. The lowest BCUT2D eigenvalue weighted by Crippen LogP contribution is -2.44. The number of amides is 1. The average molecular weight is 394 g/mol. The maximum Gasteiger partial charge on any atom is 0.251 e. The van der Waals surface area contributed by atoms with Crippen molar-refractivity contribution in [3.05, 3.63) is 60.0 Å². The monoisotopic (exact) mass is 394 g/mol. The highest BCUT2D eigenvalue weighted by Gasteiger charge is 2.30. The van der Waals surface area contributed by atoms with Crippen LogP contribution in [0.15, 0.2) is 48.7 Å². The third kappa shape index (κ3) is 4.24. The number of methoxy groups -OCH3 is 1. The molecule has 0 saturated carbocycles. The number of carbonyl (C=O) groups excluding carboxylic acids is 1. The van der Waals surface area contributed by atoms with Gasteiger partial charge in [0.1, 0.15) is 17.7 Å². The van der Waals surface area contributed by atoms with Crippen molar-refractivity contribution in [2.24, 2.45) is 0 Å². The van der Waals surface area contributed by atoms with Gasteiger partial charge in [-0.25, -0.2) is 0 Å². The van der Waals surface area contributed by atoms with Gasteiger partial charge < -0.3 is 14.4 Å². The summed E-state index contributed by atoms with van der Waals surface area (Å²) in [6.07, 6.45) is 3.42. The zero-order valence-corrected chi connectivity index (χ0v) is 16.8. The molecule has 3 heterocycles. The van der Waals surface area contributed by atoms with Crippen LogP contribution in [0, 0.1) is 0 Å². The molecule has 1 aliphatic rings. The van der Waals surface area contributed by atoms with E-state index in [2.05, 4.69) is 10.2 Å². The zero-order valence-electron chi connectivity index (χ0n) is 16.8. The smallest absolute Gasteiger partial charge is 0.251 e. The molecule has 1 fully saturated rings. The summed E-state index contributed by atoms with van der Waals surface area (Å²) in [6.45, 7) is 3.58. The van der Waals surface area contributed by atoms with E-state index in [1.807, 2.05) is 64.9 Å². The van der Waals surface area contributed by atoms with Crippen molar-refractivity contribution in [2.45, 2.75) is 38.4 Å². The van der Waals surface area contributed by atoms with Gasteiger partial charge in [0, 0.05) is 25.2 Å². The third-order valence-corrected chi connectivity index (χ3v) is 5.42. The topological polar surface area (TPSA) is 69.0 Å². The van der Waals surface area contributed by atoms with Crippen molar-refractivity contribution >= 4 is 11.6 Å². The van der Waals surface area contributed by atoms with Crippen LogP contribution in [-0.2, 0) is 16.1 Å². The molecule has 1 aliphatic heterocycles. The van der Waals surface area contributed by atoms with Gasteiger partial charge in [-0.3, -0.25) is 9.20 Å². The number of nitrogens with zero attached hydrogens (tertiary/aromatic N) is 4. The van der Waals surface area contributed by atoms with Crippen LogP contribution in [0.5, 0.6) is 5.75 Å². The van der Waals surface area contributed by atoms with Gasteiger partial charge in [-0.05, 0) is 49.6 Å². The lowest BCUT2D eigenvalue weighted by Gasteiger charge is -2.33. The Morgan fingerprint density at radius 3 is 3.00 bits per heavy atom. The second-order valence-corrected chi connectivity index (χ2v) is 7.42. The minimum absolute atomic E-state index is 0.0198. The lowest BCUT2D eigenvalue weighted by molar-refractivity contribution is -0.144. The van der Waals surface area contributed by atoms with Crippen LogP contribution in [0.1, 0.15) is 37.1 Å². The SMILES string of the molecule is COc1cccc(CO[C@H](C)C(=O)N2CCC[C@@H](c3nnc4ccccn34)C2)c1. The predicted octanol–water partition coefficient (Wildman–Crippen LogP) is 3.05. The first kappa shape index (κ1) is 19.4. The first-order chi connectivity index (χ1) is 14.2. The Balaban J connectivity index is 1.39. The lowest BCUT2D eigenvalue weighted by atomic mass is 9.97. The number of piperidine rings is 1. The molecule has 0 bridgehead atoms. The minimum atomic E-state index is -0.505. The predicted molar refractivity (Wildman–Crippen MR) is 109 cm³/mol. The summed E-state index contributed by atoms with van der Waals surface area (Å²) in [4.78, 5) is 14.9. The van der Waals surface area contributed by atoms with Crippen LogP contribution in [0.3, 0.4) is 0 Å². The summed E-state index contributed by atoms with van der Waals surface area (Å²) in [6, 6.07) is 13.6. The molecule has 2 atom stereocenters. The standard InChI is InChI=1S/C22H26N4O3/c1-16(29-15-17-7-5-9-19(13-17)28-2)22(27)25-11-6-8-18(14-25)21-24-23-20-10-3-4-12-26(20)21/h3-5,7,9-10,12-13,16,18H,6,8,11,14-15H2,1-2H3/t16-,18-/m1/s1. The normalized spacial score (nSPS) is 18.0. The highest BCUT2D eigenvalue weighted by atomic mass is 16.5. The summed E-state index contributed by atoms with van der Waals surface area (Å²) in [5, 5.41) is 8.63. The van der Waals surface area contributed by atoms with E-state index >= 15 is 0 Å². The van der Waals surface area contributed by atoms with Gasteiger partial charge in [-0.15, -0.1) is 10.2 Å². The zero-order chi connectivity index (χ0) is 20.2. The Labute approximate surface area is 170 Å². The molecule has 1 saturated heterocycles. The van der Waals surface area contributed by atoms with Crippen LogP contribution < -0.4 is 4.74 Å². The van der Waals surface area contributed by atoms with Gasteiger partial charge in [0.2, 0.25) is 0 Å². The second-order valence-electron chi connectivity index (χ2n) is 7.42. The Morgan fingerprint density at radius 2 is 2.14 bits per heavy atom. The number of benzene rings is 1. The van der Waals surface area contributed by atoms with Gasteiger partial charge in [-0.1, -0.05) is 18.2 Å². The Morgan fingerprint density at radius 1 is 1.24 bits per heavy atom. The molecule has 7 nitrogen and oxygen atoms in total. The molecule has 0 aliphatic carbocycles. The van der Waals surface area contributed by atoms with Crippen LogP contribution in [0.2, 0.25) is 0 Å². The van der Waals surface area contributed by atoms with Crippen molar-refractivity contribution in [1.82, 2.24) is 19.5 Å². The minimum Gasteiger partial charge on any atom is -0.497 e. The molecule has 3 aromatic rings. The van der Waals surface area contributed by atoms with E-state index in [4.69, 9.17) is 9.47 Å². The molecule has 0 radical (unpaired) electrons. The number of fused-ring (bicyclic) bond motifs is 1. The number of ether oxygens (including phenoxy) is 2. The molecule has 1 aromatic carbocycles. The van der Waals surface area contributed by atoms with Crippen LogP contribution in [0.4, 0.5) is 0 Å². The molecule has 7 heteroatoms. The van der Waals surface area contributed by atoms with E-state index in [1.54, 1.807) is 7.11 Å². The summed E-state index contributed by atoms with van der Waals surface area (Å²) < 4.78 is 13.1. The molecule has 29 heavy (non-hydrogen) atoms. The van der Waals surface area contributed by atoms with Crippen LogP contribution in [-0.4, -0.2) is 51.7 Å². The average Bonchev–Trinajstić information content (AvgIpc) is 3.21. The number of likely N-dealkylation sites (tertiary alicyclic amines) is 1. The van der Waals surface area contributed by atoms with Crippen LogP contribution >= 0.6 is 0 Å². The number of carbonyl (C=O) groups is 1. The largest absolute Gasteiger partial charge is 0.497 e. The fraction of sp³-hybridized carbons (Fsp3) is 0.409. The third-order valence-electron chi connectivity index (χ3n) is 5.42. The Hall–Kier alpha value is -2.93. The van der Waals surface area contributed by atoms with Crippen molar-refractivity contribution in [3.8, 4) is 5.75 Å². The number of aromatic nitrogens is 3. The number of rotatable bonds is 6. The number of hydrogen-bond acceptors (Lipinski definition) is 5. The van der Waals surface area contributed by atoms with Crippen molar-refractivity contribution < 1.29 is 14.3 Å². The Bertz CT molecular complexity index is 987. The molecular weight excluding hydrogens is 368 g/mol. The molecule has 0 unspecified atom stereocenters. The fourth-order valence-electron chi connectivity index (χ4n) is 3.84. The first-order valence-corrected chi connectivity index (χ1v) is 9.98. The quantitative estimate of drug-likeness (QED) is 0.643. The van der Waals surface area contributed by atoms with Crippen LogP contribution in [0.25, 0.3) is 5.65 Å². The van der Waals surface area contributed by atoms with Gasteiger partial charge in [0.05, 0.1) is 13.7 Å². The van der Waals surface area contributed by atoms with E-state index in [1.165, 1.54) is 0 Å². The van der Waals surface area contributed by atoms with E-state index in [-0.39, 0.29) is 11.8 Å². The second kappa shape index (κ2) is 8.61. The van der Waals surface area contributed by atoms with Gasteiger partial charge in [0.15, 0.2) is 5.65 Å². The van der Waals surface area contributed by atoms with E-state index < -0.39 is 6.10 Å². The first-order valence-electron chi connectivity index (χ1n) is 9.98. The van der Waals surface area contributed by atoms with Gasteiger partial charge >= 0.3 is 0 Å². The summed E-state index contributed by atoms with van der Waals surface area (Å²) in [7, 11) is 1.64. The van der Waals surface area contributed by atoms with Gasteiger partial charge in [0.25, 0.3) is 5.91 Å². The van der Waals surface area contributed by atoms with Crippen molar-refractivity contribution in [3.63, 3.8) is 0 Å². The molecule has 0 spiro atoms. The summed E-state index contributed by atoms with van der Waals surface area (Å²) >= 11 is 0. The van der Waals surface area contributed by atoms with Gasteiger partial charge in [-0.2, -0.15) is 0 Å². The summed E-state index contributed by atoms with van der Waals surface area (Å²) in [5.41, 5.74) is 1.82.